The molecular formula is C21H31N5O2. The zero-order valence-electron chi connectivity index (χ0n) is 17.1. The molecule has 3 heterocycles. The van der Waals surface area contributed by atoms with Crippen molar-refractivity contribution in [2.24, 2.45) is 5.92 Å². The highest BCUT2D eigenvalue weighted by Gasteiger charge is 2.31. The molecule has 2 saturated heterocycles. The van der Waals surface area contributed by atoms with Gasteiger partial charge in [-0.3, -0.25) is 14.8 Å². The number of hydrogen-bond donors (Lipinski definition) is 1. The van der Waals surface area contributed by atoms with E-state index in [0.29, 0.717) is 17.7 Å². The van der Waals surface area contributed by atoms with Crippen LogP contribution in [0.4, 0.5) is 0 Å². The normalized spacial score (nSPS) is 21.2. The third-order valence-corrected chi connectivity index (χ3v) is 6.60. The van der Waals surface area contributed by atoms with Crippen LogP contribution in [0.1, 0.15) is 30.3 Å². The standard InChI is InChI=1S/C21H31N5O2/c1-15(25-12-10-24(2)11-13-25)16-6-8-26(9-7-16)21(27)20-18-14-17(28-3)4-5-19(18)22-23-20/h4-5,14-16H,6-13H2,1-3H3,(H,22,23)/t15-/m0/s1. The third kappa shape index (κ3) is 3.73. The molecule has 0 bridgehead atoms. The van der Waals surface area contributed by atoms with Crippen LogP contribution in [0.25, 0.3) is 10.9 Å². The largest absolute Gasteiger partial charge is 0.497 e. The number of ether oxygens (including phenoxy) is 1. The molecule has 0 aliphatic carbocycles. The Labute approximate surface area is 166 Å². The fourth-order valence-electron chi connectivity index (χ4n) is 4.55. The Morgan fingerprint density at radius 2 is 1.89 bits per heavy atom. The second-order valence-corrected chi connectivity index (χ2v) is 8.19. The first-order valence-electron chi connectivity index (χ1n) is 10.3. The Morgan fingerprint density at radius 1 is 1.18 bits per heavy atom. The van der Waals surface area contributed by atoms with Crippen molar-refractivity contribution < 1.29 is 9.53 Å². The van der Waals surface area contributed by atoms with Crippen molar-refractivity contribution in [3.8, 4) is 5.75 Å². The molecule has 0 saturated carbocycles. The van der Waals surface area contributed by atoms with Crippen molar-refractivity contribution >= 4 is 16.8 Å². The van der Waals surface area contributed by atoms with E-state index in [0.717, 1.165) is 68.8 Å². The van der Waals surface area contributed by atoms with Crippen LogP contribution in [0, 0.1) is 5.92 Å². The van der Waals surface area contributed by atoms with Crippen LogP contribution >= 0.6 is 0 Å². The van der Waals surface area contributed by atoms with Crippen LogP contribution in [-0.2, 0) is 0 Å². The van der Waals surface area contributed by atoms with Crippen molar-refractivity contribution in [1.29, 1.82) is 0 Å². The molecule has 4 rings (SSSR count). The number of nitrogens with zero attached hydrogens (tertiary/aromatic N) is 4. The highest BCUT2D eigenvalue weighted by atomic mass is 16.5. The molecule has 7 heteroatoms. The number of benzene rings is 1. The lowest BCUT2D eigenvalue weighted by Gasteiger charge is -2.42. The average molecular weight is 386 g/mol. The summed E-state index contributed by atoms with van der Waals surface area (Å²) in [7, 11) is 3.83. The number of carbonyl (C=O) groups excluding carboxylic acids is 1. The number of likely N-dealkylation sites (N-methyl/N-ethyl adjacent to an activating group) is 1. The fraction of sp³-hybridized carbons (Fsp3) is 0.619. The maximum Gasteiger partial charge on any atom is 0.274 e. The zero-order valence-corrected chi connectivity index (χ0v) is 17.1. The minimum absolute atomic E-state index is 0.0187. The van der Waals surface area contributed by atoms with Crippen LogP contribution in [0.5, 0.6) is 5.75 Å². The summed E-state index contributed by atoms with van der Waals surface area (Å²) < 4.78 is 5.30. The number of nitrogens with one attached hydrogen (secondary N) is 1. The first-order chi connectivity index (χ1) is 13.6. The molecule has 28 heavy (non-hydrogen) atoms. The van der Waals surface area contributed by atoms with Gasteiger partial charge in [0.15, 0.2) is 5.69 Å². The number of amides is 1. The average Bonchev–Trinajstić information content (AvgIpc) is 3.16. The van der Waals surface area contributed by atoms with E-state index in [4.69, 9.17) is 4.74 Å². The van der Waals surface area contributed by atoms with E-state index >= 15 is 0 Å². The second kappa shape index (κ2) is 8.09. The molecular weight excluding hydrogens is 354 g/mol. The molecule has 1 amide bonds. The van der Waals surface area contributed by atoms with Crippen LogP contribution in [0.15, 0.2) is 18.2 Å². The van der Waals surface area contributed by atoms with Crippen molar-refractivity contribution in [1.82, 2.24) is 24.9 Å². The van der Waals surface area contributed by atoms with E-state index in [2.05, 4.69) is 34.0 Å². The Morgan fingerprint density at radius 3 is 2.57 bits per heavy atom. The smallest absolute Gasteiger partial charge is 0.274 e. The molecule has 152 valence electrons. The van der Waals surface area contributed by atoms with Gasteiger partial charge in [0, 0.05) is 50.7 Å². The molecule has 1 aromatic heterocycles. The number of aromatic nitrogens is 2. The summed E-state index contributed by atoms with van der Waals surface area (Å²) in [6.07, 6.45) is 2.12. The van der Waals surface area contributed by atoms with Crippen molar-refractivity contribution in [2.45, 2.75) is 25.8 Å². The van der Waals surface area contributed by atoms with E-state index in [9.17, 15) is 4.79 Å². The number of piperidine rings is 1. The number of aromatic amines is 1. The molecule has 0 radical (unpaired) electrons. The minimum atomic E-state index is 0.0187. The molecule has 1 atom stereocenters. The van der Waals surface area contributed by atoms with E-state index in [-0.39, 0.29) is 5.91 Å². The number of rotatable bonds is 4. The van der Waals surface area contributed by atoms with Gasteiger partial charge in [0.05, 0.1) is 12.6 Å². The molecule has 2 aliphatic rings. The molecule has 7 nitrogen and oxygen atoms in total. The quantitative estimate of drug-likeness (QED) is 0.873. The lowest BCUT2D eigenvalue weighted by molar-refractivity contribution is 0.0498. The van der Waals surface area contributed by atoms with Crippen LogP contribution in [0.3, 0.4) is 0 Å². The fourth-order valence-corrected chi connectivity index (χ4v) is 4.55. The predicted molar refractivity (Wildman–Crippen MR) is 110 cm³/mol. The molecule has 0 unspecified atom stereocenters. The monoisotopic (exact) mass is 385 g/mol. The van der Waals surface area contributed by atoms with Gasteiger partial charge in [-0.2, -0.15) is 5.10 Å². The van der Waals surface area contributed by atoms with Gasteiger partial charge in [-0.15, -0.1) is 0 Å². The highest BCUT2D eigenvalue weighted by Crippen LogP contribution is 2.27. The topological polar surface area (TPSA) is 64.7 Å². The molecule has 1 aromatic carbocycles. The van der Waals surface area contributed by atoms with Gasteiger partial charge >= 0.3 is 0 Å². The third-order valence-electron chi connectivity index (χ3n) is 6.60. The summed E-state index contributed by atoms with van der Waals surface area (Å²) in [4.78, 5) is 20.1. The van der Waals surface area contributed by atoms with Gasteiger partial charge in [-0.05, 0) is 50.9 Å². The maximum atomic E-state index is 13.1. The summed E-state index contributed by atoms with van der Waals surface area (Å²) in [6.45, 7) is 8.57. The maximum absolute atomic E-state index is 13.1. The van der Waals surface area contributed by atoms with Crippen LogP contribution in [-0.4, -0.2) is 90.3 Å². The number of hydrogen-bond acceptors (Lipinski definition) is 5. The van der Waals surface area contributed by atoms with Crippen LogP contribution in [0.2, 0.25) is 0 Å². The highest BCUT2D eigenvalue weighted by molar-refractivity contribution is 6.05. The summed E-state index contributed by atoms with van der Waals surface area (Å²) in [5, 5.41) is 8.10. The first kappa shape index (κ1) is 19.2. The SMILES string of the molecule is COc1ccc2[nH]nc(C(=O)N3CCC([C@H](C)N4CCN(C)CC4)CC3)c2c1. The summed E-state index contributed by atoms with van der Waals surface area (Å²) in [6, 6.07) is 6.25. The molecule has 2 aliphatic heterocycles. The Bertz CT molecular complexity index is 819. The lowest BCUT2D eigenvalue weighted by Crippen LogP contribution is -2.52. The molecule has 2 fully saturated rings. The lowest BCUT2D eigenvalue weighted by atomic mass is 9.89. The molecule has 2 aromatic rings. The number of fused-ring (bicyclic) bond motifs is 1. The number of likely N-dealkylation sites (tertiary alicyclic amines) is 1. The van der Waals surface area contributed by atoms with Gasteiger partial charge in [0.1, 0.15) is 5.75 Å². The predicted octanol–water partition coefficient (Wildman–Crippen LogP) is 2.06. The summed E-state index contributed by atoms with van der Waals surface area (Å²) >= 11 is 0. The Balaban J connectivity index is 1.39. The van der Waals surface area contributed by atoms with Gasteiger partial charge in [-0.1, -0.05) is 0 Å². The number of H-pyrrole nitrogens is 1. The molecule has 0 spiro atoms. The van der Waals surface area contributed by atoms with Gasteiger partial charge in [-0.25, -0.2) is 0 Å². The summed E-state index contributed by atoms with van der Waals surface area (Å²) in [5.41, 5.74) is 1.36. The van der Waals surface area contributed by atoms with Gasteiger partial charge in [0.25, 0.3) is 5.91 Å². The van der Waals surface area contributed by atoms with E-state index in [1.54, 1.807) is 7.11 Å². The van der Waals surface area contributed by atoms with Crippen LogP contribution < -0.4 is 4.74 Å². The number of piperazine rings is 1. The number of methoxy groups -OCH3 is 1. The zero-order chi connectivity index (χ0) is 19.7. The first-order valence-corrected chi connectivity index (χ1v) is 10.3. The van der Waals surface area contributed by atoms with Gasteiger partial charge < -0.3 is 14.5 Å². The van der Waals surface area contributed by atoms with Crippen molar-refractivity contribution in [3.63, 3.8) is 0 Å². The van der Waals surface area contributed by atoms with E-state index < -0.39 is 0 Å². The molecule has 1 N–H and O–H groups in total. The number of carbonyl (C=O) groups is 1. The Kier molecular flexibility index (Phi) is 5.55. The second-order valence-electron chi connectivity index (χ2n) is 8.19. The van der Waals surface area contributed by atoms with Crippen molar-refractivity contribution in [3.05, 3.63) is 23.9 Å². The van der Waals surface area contributed by atoms with E-state index in [1.807, 2.05) is 23.1 Å². The minimum Gasteiger partial charge on any atom is -0.497 e. The van der Waals surface area contributed by atoms with E-state index in [1.165, 1.54) is 0 Å². The van der Waals surface area contributed by atoms with Crippen molar-refractivity contribution in [2.75, 3.05) is 53.4 Å². The van der Waals surface area contributed by atoms with Gasteiger partial charge in [0.2, 0.25) is 0 Å². The Hall–Kier alpha value is -2.12. The summed E-state index contributed by atoms with van der Waals surface area (Å²) in [5.74, 6) is 1.41.